The van der Waals surface area contributed by atoms with Gasteiger partial charge in [-0.15, -0.1) is 0 Å². The molecule has 0 bridgehead atoms. The predicted octanol–water partition coefficient (Wildman–Crippen LogP) is 3.27. The molecule has 0 saturated carbocycles. The van der Waals surface area contributed by atoms with Crippen LogP contribution >= 0.6 is 0 Å². The first kappa shape index (κ1) is 14.7. The van der Waals surface area contributed by atoms with Gasteiger partial charge in [0.05, 0.1) is 5.69 Å². The first-order valence-electron chi connectivity index (χ1n) is 6.67. The minimum Gasteiger partial charge on any atom is -0.360 e. The number of carbonyl (C=O) groups is 1. The number of carbonyl (C=O) groups excluding carboxylic acids is 1. The summed E-state index contributed by atoms with van der Waals surface area (Å²) >= 11 is 0. The standard InChI is InChI=1S/C14H24N2O2/c1-9(2)7-6-8-15-14(17)12-11(5)16-18-13(12)10(3)4/h9-10H,6-8H2,1-5H3,(H,15,17). The molecule has 1 N–H and O–H groups in total. The Morgan fingerprint density at radius 3 is 2.56 bits per heavy atom. The van der Waals surface area contributed by atoms with E-state index in [9.17, 15) is 4.79 Å². The van der Waals surface area contributed by atoms with Gasteiger partial charge in [0, 0.05) is 12.5 Å². The zero-order valence-corrected chi connectivity index (χ0v) is 12.0. The van der Waals surface area contributed by atoms with Crippen molar-refractivity contribution in [2.45, 2.75) is 53.4 Å². The zero-order valence-electron chi connectivity index (χ0n) is 12.0. The summed E-state index contributed by atoms with van der Waals surface area (Å²) in [5.41, 5.74) is 1.27. The van der Waals surface area contributed by atoms with E-state index in [1.807, 2.05) is 13.8 Å². The summed E-state index contributed by atoms with van der Waals surface area (Å²) in [5.74, 6) is 1.45. The fraction of sp³-hybridized carbons (Fsp3) is 0.714. The van der Waals surface area contributed by atoms with Crippen molar-refractivity contribution in [3.05, 3.63) is 17.0 Å². The molecule has 0 fully saturated rings. The van der Waals surface area contributed by atoms with Gasteiger partial charge in [0.1, 0.15) is 5.56 Å². The number of hydrogen-bond donors (Lipinski definition) is 1. The molecule has 1 aromatic rings. The van der Waals surface area contributed by atoms with Gasteiger partial charge in [-0.1, -0.05) is 32.9 Å². The van der Waals surface area contributed by atoms with Crippen LogP contribution in [0, 0.1) is 12.8 Å². The molecule has 1 aromatic heterocycles. The van der Waals surface area contributed by atoms with Crippen LogP contribution in [0.15, 0.2) is 4.52 Å². The lowest BCUT2D eigenvalue weighted by Crippen LogP contribution is -2.26. The number of nitrogens with one attached hydrogen (secondary N) is 1. The predicted molar refractivity (Wildman–Crippen MR) is 71.7 cm³/mol. The highest BCUT2D eigenvalue weighted by molar-refractivity contribution is 5.96. The van der Waals surface area contributed by atoms with Crippen LogP contribution < -0.4 is 5.32 Å². The van der Waals surface area contributed by atoms with Gasteiger partial charge in [-0.25, -0.2) is 0 Å². The summed E-state index contributed by atoms with van der Waals surface area (Å²) in [7, 11) is 0. The summed E-state index contributed by atoms with van der Waals surface area (Å²) in [6.07, 6.45) is 2.13. The lowest BCUT2D eigenvalue weighted by molar-refractivity contribution is 0.0949. The second-order valence-corrected chi connectivity index (χ2v) is 5.45. The molecule has 0 aliphatic carbocycles. The van der Waals surface area contributed by atoms with Crippen molar-refractivity contribution >= 4 is 5.91 Å². The Morgan fingerprint density at radius 2 is 2.00 bits per heavy atom. The van der Waals surface area contributed by atoms with E-state index in [1.165, 1.54) is 0 Å². The molecule has 4 heteroatoms. The average molecular weight is 252 g/mol. The molecule has 0 radical (unpaired) electrons. The van der Waals surface area contributed by atoms with Crippen molar-refractivity contribution in [2.75, 3.05) is 6.54 Å². The monoisotopic (exact) mass is 252 g/mol. The minimum atomic E-state index is -0.0683. The largest absolute Gasteiger partial charge is 0.360 e. The van der Waals surface area contributed by atoms with Crippen LogP contribution in [0.5, 0.6) is 0 Å². The van der Waals surface area contributed by atoms with Gasteiger partial charge in [0.15, 0.2) is 5.76 Å². The second kappa shape index (κ2) is 6.57. The van der Waals surface area contributed by atoms with Crippen molar-refractivity contribution in [3.63, 3.8) is 0 Å². The first-order chi connectivity index (χ1) is 8.43. The van der Waals surface area contributed by atoms with E-state index >= 15 is 0 Å². The molecule has 0 aromatic carbocycles. The third-order valence-electron chi connectivity index (χ3n) is 2.88. The molecule has 1 amide bonds. The maximum atomic E-state index is 12.1. The van der Waals surface area contributed by atoms with Crippen LogP contribution in [-0.4, -0.2) is 17.6 Å². The number of nitrogens with zero attached hydrogens (tertiary/aromatic N) is 1. The molecule has 0 spiro atoms. The number of rotatable bonds is 6. The Hall–Kier alpha value is -1.32. The SMILES string of the molecule is Cc1noc(C(C)C)c1C(=O)NCCCC(C)C. The van der Waals surface area contributed by atoms with Gasteiger partial charge in [0.2, 0.25) is 0 Å². The molecular weight excluding hydrogens is 228 g/mol. The fourth-order valence-corrected chi connectivity index (χ4v) is 1.86. The van der Waals surface area contributed by atoms with E-state index in [2.05, 4.69) is 24.3 Å². The molecule has 4 nitrogen and oxygen atoms in total. The zero-order chi connectivity index (χ0) is 13.7. The van der Waals surface area contributed by atoms with Gasteiger partial charge in [-0.2, -0.15) is 0 Å². The molecule has 0 atom stereocenters. The van der Waals surface area contributed by atoms with Crippen LogP contribution in [0.3, 0.4) is 0 Å². The number of aryl methyl sites for hydroxylation is 1. The van der Waals surface area contributed by atoms with Crippen molar-refractivity contribution in [2.24, 2.45) is 5.92 Å². The lowest BCUT2D eigenvalue weighted by atomic mass is 10.0. The molecule has 1 heterocycles. The highest BCUT2D eigenvalue weighted by atomic mass is 16.5. The number of amides is 1. The van der Waals surface area contributed by atoms with Crippen LogP contribution in [0.25, 0.3) is 0 Å². The molecule has 0 aliphatic rings. The van der Waals surface area contributed by atoms with Crippen molar-refractivity contribution in [3.8, 4) is 0 Å². The molecule has 0 aliphatic heterocycles. The van der Waals surface area contributed by atoms with Crippen LogP contribution in [0.4, 0.5) is 0 Å². The topological polar surface area (TPSA) is 55.1 Å². The van der Waals surface area contributed by atoms with Gasteiger partial charge in [-0.3, -0.25) is 4.79 Å². The Morgan fingerprint density at radius 1 is 1.33 bits per heavy atom. The Balaban J connectivity index is 2.58. The maximum absolute atomic E-state index is 12.1. The Kier molecular flexibility index (Phi) is 5.38. The van der Waals surface area contributed by atoms with Gasteiger partial charge >= 0.3 is 0 Å². The Labute approximate surface area is 109 Å². The van der Waals surface area contributed by atoms with E-state index in [0.29, 0.717) is 29.5 Å². The van der Waals surface area contributed by atoms with Crippen LogP contribution in [0.2, 0.25) is 0 Å². The van der Waals surface area contributed by atoms with E-state index < -0.39 is 0 Å². The fourth-order valence-electron chi connectivity index (χ4n) is 1.86. The summed E-state index contributed by atoms with van der Waals surface area (Å²) in [6, 6.07) is 0. The van der Waals surface area contributed by atoms with Crippen molar-refractivity contribution < 1.29 is 9.32 Å². The molecule has 18 heavy (non-hydrogen) atoms. The van der Waals surface area contributed by atoms with Crippen molar-refractivity contribution in [1.82, 2.24) is 10.5 Å². The highest BCUT2D eigenvalue weighted by Gasteiger charge is 2.21. The third-order valence-corrected chi connectivity index (χ3v) is 2.88. The van der Waals surface area contributed by atoms with E-state index in [4.69, 9.17) is 4.52 Å². The quantitative estimate of drug-likeness (QED) is 0.790. The molecule has 0 saturated heterocycles. The van der Waals surface area contributed by atoms with Crippen LogP contribution in [-0.2, 0) is 0 Å². The molecular formula is C14H24N2O2. The molecule has 1 rings (SSSR count). The van der Waals surface area contributed by atoms with Crippen molar-refractivity contribution in [1.29, 1.82) is 0 Å². The minimum absolute atomic E-state index is 0.0683. The summed E-state index contributed by atoms with van der Waals surface area (Å²) in [6.45, 7) is 10.9. The molecule has 0 unspecified atom stereocenters. The van der Waals surface area contributed by atoms with Gasteiger partial charge < -0.3 is 9.84 Å². The van der Waals surface area contributed by atoms with Gasteiger partial charge in [0.25, 0.3) is 5.91 Å². The smallest absolute Gasteiger partial charge is 0.256 e. The van der Waals surface area contributed by atoms with Gasteiger partial charge in [-0.05, 0) is 25.7 Å². The van der Waals surface area contributed by atoms with E-state index in [-0.39, 0.29) is 11.8 Å². The number of hydrogen-bond acceptors (Lipinski definition) is 3. The lowest BCUT2D eigenvalue weighted by Gasteiger charge is -2.08. The normalized spacial score (nSPS) is 11.3. The summed E-state index contributed by atoms with van der Waals surface area (Å²) < 4.78 is 5.21. The molecule has 102 valence electrons. The maximum Gasteiger partial charge on any atom is 0.256 e. The van der Waals surface area contributed by atoms with E-state index in [1.54, 1.807) is 6.92 Å². The Bertz CT molecular complexity index is 394. The average Bonchev–Trinajstić information content (AvgIpc) is 2.66. The van der Waals surface area contributed by atoms with Crippen LogP contribution in [0.1, 0.15) is 68.3 Å². The summed E-state index contributed by atoms with van der Waals surface area (Å²) in [4.78, 5) is 12.1. The number of aromatic nitrogens is 1. The highest BCUT2D eigenvalue weighted by Crippen LogP contribution is 2.21. The summed E-state index contributed by atoms with van der Waals surface area (Å²) in [5, 5.41) is 6.82. The second-order valence-electron chi connectivity index (χ2n) is 5.45. The third kappa shape index (κ3) is 3.86. The van der Waals surface area contributed by atoms with E-state index in [0.717, 1.165) is 12.8 Å². The first-order valence-corrected chi connectivity index (χ1v) is 6.67.